The van der Waals surface area contributed by atoms with Gasteiger partial charge in [-0.05, 0) is 25.8 Å². The Balaban J connectivity index is 1.61. The van der Waals surface area contributed by atoms with E-state index in [2.05, 4.69) is 39.0 Å². The van der Waals surface area contributed by atoms with Crippen LogP contribution in [0, 0.1) is 12.8 Å². The first kappa shape index (κ1) is 14.2. The highest BCUT2D eigenvalue weighted by Gasteiger charge is 2.28. The smallest absolute Gasteiger partial charge is 0.231 e. The molecule has 1 atom stereocenters. The van der Waals surface area contributed by atoms with Crippen molar-refractivity contribution in [2.75, 3.05) is 13.1 Å². The van der Waals surface area contributed by atoms with Crippen molar-refractivity contribution in [1.82, 2.24) is 29.8 Å². The first-order chi connectivity index (χ1) is 10.1. The highest BCUT2D eigenvalue weighted by Crippen LogP contribution is 2.26. The summed E-state index contributed by atoms with van der Waals surface area (Å²) in [4.78, 5) is 11.1. The van der Waals surface area contributed by atoms with E-state index in [0.717, 1.165) is 44.3 Å². The summed E-state index contributed by atoms with van der Waals surface area (Å²) >= 11 is 0. The van der Waals surface area contributed by atoms with Gasteiger partial charge in [-0.3, -0.25) is 4.90 Å². The predicted molar refractivity (Wildman–Crippen MR) is 76.5 cm³/mol. The Hall–Kier alpha value is -1.76. The van der Waals surface area contributed by atoms with E-state index in [1.165, 1.54) is 0 Å². The second-order valence-electron chi connectivity index (χ2n) is 6.15. The first-order valence-electron chi connectivity index (χ1n) is 7.51. The molecule has 7 heteroatoms. The normalized spacial score (nSPS) is 19.7. The minimum Gasteiger partial charge on any atom is -0.339 e. The van der Waals surface area contributed by atoms with Crippen LogP contribution in [0.2, 0.25) is 0 Å². The van der Waals surface area contributed by atoms with E-state index in [9.17, 15) is 0 Å². The van der Waals surface area contributed by atoms with Gasteiger partial charge in [0.2, 0.25) is 5.89 Å². The summed E-state index contributed by atoms with van der Waals surface area (Å²) in [6.07, 6.45) is 2.70. The zero-order chi connectivity index (χ0) is 14.8. The molecule has 7 nitrogen and oxygen atoms in total. The van der Waals surface area contributed by atoms with E-state index in [1.54, 1.807) is 6.33 Å². The van der Waals surface area contributed by atoms with Crippen molar-refractivity contribution in [3.8, 4) is 0 Å². The molecule has 114 valence electrons. The van der Waals surface area contributed by atoms with Crippen LogP contribution >= 0.6 is 0 Å². The number of nitrogens with zero attached hydrogens (tertiary/aromatic N) is 6. The molecule has 0 N–H and O–H groups in total. The van der Waals surface area contributed by atoms with Crippen LogP contribution in [0.1, 0.15) is 43.7 Å². The van der Waals surface area contributed by atoms with Gasteiger partial charge in [-0.25, -0.2) is 9.67 Å². The molecule has 0 amide bonds. The molecule has 1 aliphatic rings. The standard InChI is InChI=1S/C14H22N6O/c1-10(2)6-20-13(15-9-16-20)8-19-5-4-12(7-19)14-17-11(3)18-21-14/h9-10,12H,4-8H2,1-3H3/t12-/m1/s1. The molecular formula is C14H22N6O. The van der Waals surface area contributed by atoms with E-state index in [4.69, 9.17) is 4.52 Å². The van der Waals surface area contributed by atoms with Crippen molar-refractivity contribution in [2.45, 2.75) is 46.2 Å². The number of hydrogen-bond acceptors (Lipinski definition) is 6. The summed E-state index contributed by atoms with van der Waals surface area (Å²) in [5.41, 5.74) is 0. The van der Waals surface area contributed by atoms with Gasteiger partial charge in [-0.2, -0.15) is 10.1 Å². The lowest BCUT2D eigenvalue weighted by molar-refractivity contribution is 0.293. The van der Waals surface area contributed by atoms with Gasteiger partial charge in [-0.15, -0.1) is 0 Å². The molecule has 1 aliphatic heterocycles. The van der Waals surface area contributed by atoms with E-state index in [0.29, 0.717) is 17.7 Å². The molecular weight excluding hydrogens is 268 g/mol. The fourth-order valence-corrected chi connectivity index (χ4v) is 2.77. The lowest BCUT2D eigenvalue weighted by Gasteiger charge is -2.16. The Morgan fingerprint density at radius 1 is 1.43 bits per heavy atom. The molecule has 3 heterocycles. The molecule has 0 saturated carbocycles. The van der Waals surface area contributed by atoms with Crippen LogP contribution in [0.3, 0.4) is 0 Å². The molecule has 0 spiro atoms. The van der Waals surface area contributed by atoms with E-state index >= 15 is 0 Å². The Bertz CT molecular complexity index is 590. The van der Waals surface area contributed by atoms with E-state index < -0.39 is 0 Å². The number of aryl methyl sites for hydroxylation is 1. The van der Waals surface area contributed by atoms with Gasteiger partial charge in [-0.1, -0.05) is 19.0 Å². The molecule has 2 aromatic heterocycles. The summed E-state index contributed by atoms with van der Waals surface area (Å²) in [5.74, 6) is 3.41. The third kappa shape index (κ3) is 3.29. The van der Waals surface area contributed by atoms with Crippen LogP contribution in [0.4, 0.5) is 0 Å². The van der Waals surface area contributed by atoms with Crippen LogP contribution in [0.25, 0.3) is 0 Å². The Labute approximate surface area is 124 Å². The maximum absolute atomic E-state index is 5.29. The van der Waals surface area contributed by atoms with Gasteiger partial charge < -0.3 is 4.52 Å². The fraction of sp³-hybridized carbons (Fsp3) is 0.714. The molecule has 21 heavy (non-hydrogen) atoms. The van der Waals surface area contributed by atoms with Gasteiger partial charge in [0.05, 0.1) is 12.5 Å². The molecule has 2 aromatic rings. The van der Waals surface area contributed by atoms with Crippen LogP contribution in [0.15, 0.2) is 10.9 Å². The topological polar surface area (TPSA) is 72.9 Å². The monoisotopic (exact) mass is 290 g/mol. The number of hydrogen-bond donors (Lipinski definition) is 0. The van der Waals surface area contributed by atoms with Gasteiger partial charge in [0.15, 0.2) is 5.82 Å². The van der Waals surface area contributed by atoms with Gasteiger partial charge in [0.25, 0.3) is 0 Å². The van der Waals surface area contributed by atoms with Crippen molar-refractivity contribution < 1.29 is 4.52 Å². The van der Waals surface area contributed by atoms with Crippen molar-refractivity contribution in [1.29, 1.82) is 0 Å². The molecule has 1 fully saturated rings. The van der Waals surface area contributed by atoms with Crippen LogP contribution < -0.4 is 0 Å². The second-order valence-corrected chi connectivity index (χ2v) is 6.15. The Morgan fingerprint density at radius 2 is 2.29 bits per heavy atom. The largest absolute Gasteiger partial charge is 0.339 e. The number of rotatable bonds is 5. The third-order valence-corrected chi connectivity index (χ3v) is 3.76. The first-order valence-corrected chi connectivity index (χ1v) is 7.51. The van der Waals surface area contributed by atoms with Gasteiger partial charge >= 0.3 is 0 Å². The molecule has 0 aliphatic carbocycles. The predicted octanol–water partition coefficient (Wildman–Crippen LogP) is 1.62. The average molecular weight is 290 g/mol. The molecule has 0 unspecified atom stereocenters. The van der Waals surface area contributed by atoms with E-state index in [-0.39, 0.29) is 0 Å². The molecule has 0 bridgehead atoms. The quantitative estimate of drug-likeness (QED) is 0.833. The average Bonchev–Trinajstić information content (AvgIpc) is 3.12. The number of likely N-dealkylation sites (tertiary alicyclic amines) is 1. The van der Waals surface area contributed by atoms with Crippen molar-refractivity contribution in [2.24, 2.45) is 5.92 Å². The summed E-state index contributed by atoms with van der Waals surface area (Å²) in [6, 6.07) is 0. The fourth-order valence-electron chi connectivity index (χ4n) is 2.77. The summed E-state index contributed by atoms with van der Waals surface area (Å²) in [5, 5.41) is 8.19. The SMILES string of the molecule is Cc1noc([C@@H]2CCN(Cc3ncnn3CC(C)C)C2)n1. The van der Waals surface area contributed by atoms with Crippen molar-refractivity contribution in [3.05, 3.63) is 23.9 Å². The maximum Gasteiger partial charge on any atom is 0.231 e. The van der Waals surface area contributed by atoms with Crippen LogP contribution in [-0.4, -0.2) is 42.9 Å². The minimum absolute atomic E-state index is 0.340. The molecule has 1 saturated heterocycles. The van der Waals surface area contributed by atoms with Crippen molar-refractivity contribution in [3.63, 3.8) is 0 Å². The lowest BCUT2D eigenvalue weighted by atomic mass is 10.1. The van der Waals surface area contributed by atoms with Crippen LogP contribution in [0.5, 0.6) is 0 Å². The minimum atomic E-state index is 0.340. The Kier molecular flexibility index (Phi) is 4.01. The summed E-state index contributed by atoms with van der Waals surface area (Å²) in [7, 11) is 0. The maximum atomic E-state index is 5.29. The van der Waals surface area contributed by atoms with Gasteiger partial charge in [0, 0.05) is 13.1 Å². The second kappa shape index (κ2) is 5.93. The zero-order valence-electron chi connectivity index (χ0n) is 12.9. The zero-order valence-corrected chi connectivity index (χ0v) is 12.9. The van der Waals surface area contributed by atoms with Gasteiger partial charge in [0.1, 0.15) is 12.2 Å². The molecule has 3 rings (SSSR count). The van der Waals surface area contributed by atoms with Crippen LogP contribution in [-0.2, 0) is 13.1 Å². The highest BCUT2D eigenvalue weighted by molar-refractivity contribution is 4.99. The summed E-state index contributed by atoms with van der Waals surface area (Å²) < 4.78 is 7.30. The summed E-state index contributed by atoms with van der Waals surface area (Å²) in [6.45, 7) is 9.95. The lowest BCUT2D eigenvalue weighted by Crippen LogP contribution is -2.23. The Morgan fingerprint density at radius 3 is 3.00 bits per heavy atom. The molecule has 0 aromatic carbocycles. The molecule has 0 radical (unpaired) electrons. The highest BCUT2D eigenvalue weighted by atomic mass is 16.5. The number of aromatic nitrogens is 5. The van der Waals surface area contributed by atoms with E-state index in [1.807, 2.05) is 11.6 Å². The van der Waals surface area contributed by atoms with Crippen molar-refractivity contribution >= 4 is 0 Å². The third-order valence-electron chi connectivity index (χ3n) is 3.76.